The third-order valence-corrected chi connectivity index (χ3v) is 5.89. The number of amides is 1. The first kappa shape index (κ1) is 24.5. The monoisotopic (exact) mass is 512 g/mol. The molecule has 192 valence electrons. The molecule has 0 saturated heterocycles. The minimum atomic E-state index is -1.18. The van der Waals surface area contributed by atoms with Crippen LogP contribution in [0.2, 0.25) is 0 Å². The summed E-state index contributed by atoms with van der Waals surface area (Å²) in [6, 6.07) is 15.5. The van der Waals surface area contributed by atoms with Gasteiger partial charge < -0.3 is 25.6 Å². The highest BCUT2D eigenvalue weighted by molar-refractivity contribution is 5.96. The maximum absolute atomic E-state index is 12.1. The molecule has 5 aromatic rings. The molecular weight excluding hydrogens is 488 g/mol. The summed E-state index contributed by atoms with van der Waals surface area (Å²) in [6.07, 6.45) is 1.45. The van der Waals surface area contributed by atoms with Crippen molar-refractivity contribution in [2.45, 2.75) is 19.8 Å². The summed E-state index contributed by atoms with van der Waals surface area (Å²) in [6.45, 7) is 1.94. The predicted molar refractivity (Wildman–Crippen MR) is 143 cm³/mol. The van der Waals surface area contributed by atoms with Crippen molar-refractivity contribution in [3.05, 3.63) is 60.8 Å². The van der Waals surface area contributed by atoms with Gasteiger partial charge in [-0.1, -0.05) is 19.1 Å². The van der Waals surface area contributed by atoms with E-state index in [-0.39, 0.29) is 17.4 Å². The van der Waals surface area contributed by atoms with Crippen LogP contribution in [0.4, 0.5) is 22.0 Å². The van der Waals surface area contributed by atoms with Gasteiger partial charge in [0, 0.05) is 40.2 Å². The third-order valence-electron chi connectivity index (χ3n) is 5.89. The van der Waals surface area contributed by atoms with Crippen LogP contribution in [0.25, 0.3) is 33.2 Å². The second kappa shape index (κ2) is 10.1. The molecule has 0 bridgehead atoms. The zero-order valence-corrected chi connectivity index (χ0v) is 20.6. The fraction of sp³-hybridized carbons (Fsp3) is 0.148. The van der Waals surface area contributed by atoms with Gasteiger partial charge in [-0.05, 0) is 42.8 Å². The lowest BCUT2D eigenvalue weighted by Crippen LogP contribution is -2.10. The number of hydrogen-bond acceptors (Lipinski definition) is 8. The number of carbonyl (C=O) groups excluding carboxylic acids is 1. The first-order chi connectivity index (χ1) is 18.4. The number of methoxy groups -OCH3 is 1. The van der Waals surface area contributed by atoms with Gasteiger partial charge >= 0.3 is 6.09 Å². The number of phenolic OH excluding ortho intramolecular Hbond substituents is 1. The lowest BCUT2D eigenvalue weighted by Gasteiger charge is -2.14. The van der Waals surface area contributed by atoms with Crippen LogP contribution in [0.3, 0.4) is 0 Å². The molecule has 1 amide bonds. The van der Waals surface area contributed by atoms with Gasteiger partial charge in [0.05, 0.1) is 24.3 Å². The molecule has 0 atom stereocenters. The van der Waals surface area contributed by atoms with Crippen LogP contribution in [0.15, 0.2) is 60.8 Å². The van der Waals surface area contributed by atoms with Crippen LogP contribution in [-0.4, -0.2) is 49.1 Å². The van der Waals surface area contributed by atoms with E-state index in [1.807, 2.05) is 19.1 Å². The molecule has 0 spiro atoms. The number of aromatic nitrogens is 4. The average Bonchev–Trinajstić information content (AvgIpc) is 3.32. The number of ether oxygens (including phenoxy) is 1. The van der Waals surface area contributed by atoms with E-state index in [0.29, 0.717) is 56.8 Å². The molecule has 0 aliphatic rings. The number of hydrogen-bond donors (Lipinski definition) is 4. The van der Waals surface area contributed by atoms with Crippen molar-refractivity contribution in [1.29, 1.82) is 0 Å². The Morgan fingerprint density at radius 1 is 1.05 bits per heavy atom. The first-order valence-electron chi connectivity index (χ1n) is 11.8. The number of anilines is 3. The summed E-state index contributed by atoms with van der Waals surface area (Å²) >= 11 is 0. The minimum Gasteiger partial charge on any atom is -0.504 e. The van der Waals surface area contributed by atoms with Crippen LogP contribution in [0.5, 0.6) is 11.5 Å². The average molecular weight is 513 g/mol. The summed E-state index contributed by atoms with van der Waals surface area (Å²) in [7, 11) is 1.46. The van der Waals surface area contributed by atoms with E-state index >= 15 is 0 Å². The smallest absolute Gasteiger partial charge is 0.432 e. The highest BCUT2D eigenvalue weighted by atomic mass is 16.5. The van der Waals surface area contributed by atoms with E-state index in [2.05, 4.69) is 15.7 Å². The molecule has 3 aromatic carbocycles. The molecule has 38 heavy (non-hydrogen) atoms. The van der Waals surface area contributed by atoms with Gasteiger partial charge in [0.1, 0.15) is 5.82 Å². The van der Waals surface area contributed by atoms with E-state index in [9.17, 15) is 19.8 Å². The Morgan fingerprint density at radius 3 is 2.66 bits per heavy atom. The quantitative estimate of drug-likeness (QED) is 0.225. The molecule has 0 fully saturated rings. The number of aromatic hydroxyl groups is 1. The molecule has 2 heterocycles. The van der Waals surface area contributed by atoms with Crippen molar-refractivity contribution in [3.63, 3.8) is 0 Å². The van der Waals surface area contributed by atoms with Crippen molar-refractivity contribution in [1.82, 2.24) is 19.7 Å². The molecule has 2 aromatic heterocycles. The Morgan fingerprint density at radius 2 is 1.89 bits per heavy atom. The first-order valence-corrected chi connectivity index (χ1v) is 11.8. The normalized spacial score (nSPS) is 11.0. The van der Waals surface area contributed by atoms with Crippen molar-refractivity contribution >= 4 is 51.0 Å². The summed E-state index contributed by atoms with van der Waals surface area (Å²) in [5.74, 6) is 0.912. The zero-order valence-electron chi connectivity index (χ0n) is 20.6. The van der Waals surface area contributed by atoms with E-state index in [1.54, 1.807) is 36.4 Å². The minimum absolute atomic E-state index is 0.0711. The van der Waals surface area contributed by atoms with Crippen LogP contribution in [0.1, 0.15) is 19.8 Å². The Balaban J connectivity index is 1.59. The van der Waals surface area contributed by atoms with Gasteiger partial charge in [-0.2, -0.15) is 9.78 Å². The molecule has 4 N–H and O–H groups in total. The summed E-state index contributed by atoms with van der Waals surface area (Å²) < 4.78 is 6.17. The molecular formula is C27H24N6O5. The lowest BCUT2D eigenvalue weighted by molar-refractivity contribution is -0.116. The molecule has 11 heteroatoms. The van der Waals surface area contributed by atoms with Crippen LogP contribution in [0, 0.1) is 0 Å². The van der Waals surface area contributed by atoms with Crippen molar-refractivity contribution in [3.8, 4) is 22.9 Å². The molecule has 0 saturated carbocycles. The number of carboxylic acid groups (broad SMARTS) is 1. The maximum atomic E-state index is 12.1. The predicted octanol–water partition coefficient (Wildman–Crippen LogP) is 5.37. The number of nitrogens with one attached hydrogen (secondary N) is 2. The van der Waals surface area contributed by atoms with Crippen LogP contribution in [-0.2, 0) is 4.79 Å². The Labute approximate surface area is 216 Å². The Bertz CT molecular complexity index is 1700. The molecule has 0 radical (unpaired) electrons. The number of nitrogens with zero attached hydrogens (tertiary/aromatic N) is 4. The Hall–Kier alpha value is -5.19. The van der Waals surface area contributed by atoms with Crippen molar-refractivity contribution in [2.24, 2.45) is 0 Å². The zero-order chi connectivity index (χ0) is 26.8. The number of benzene rings is 3. The van der Waals surface area contributed by atoms with E-state index in [4.69, 9.17) is 14.7 Å². The van der Waals surface area contributed by atoms with E-state index < -0.39 is 6.09 Å². The fourth-order valence-electron chi connectivity index (χ4n) is 4.12. The standard InChI is InChI=1S/C27H24N6O5/c1-3-5-24(35)29-17-7-4-6-15(10-17)25-31-20-13-23(38-2)22(34)12-19(20)26(32-25)30-18-8-9-21-16(11-18)14-28-33(21)27(36)37/h4,6-14,34H,3,5H2,1-2H3,(H,29,35)(H,36,37)(H,30,31,32). The molecule has 0 unspecified atom stereocenters. The van der Waals surface area contributed by atoms with Gasteiger partial charge in [0.25, 0.3) is 0 Å². The van der Waals surface area contributed by atoms with E-state index in [1.165, 1.54) is 19.4 Å². The Kier molecular flexibility index (Phi) is 6.48. The number of carbonyl (C=O) groups is 2. The largest absolute Gasteiger partial charge is 0.504 e. The molecule has 0 aliphatic carbocycles. The highest BCUT2D eigenvalue weighted by Gasteiger charge is 2.16. The number of phenols is 1. The summed E-state index contributed by atoms with van der Waals surface area (Å²) in [5.41, 5.74) is 2.90. The summed E-state index contributed by atoms with van der Waals surface area (Å²) in [5, 5.41) is 30.9. The summed E-state index contributed by atoms with van der Waals surface area (Å²) in [4.78, 5) is 32.9. The van der Waals surface area contributed by atoms with Crippen molar-refractivity contribution in [2.75, 3.05) is 17.7 Å². The fourth-order valence-corrected chi connectivity index (χ4v) is 4.12. The third kappa shape index (κ3) is 4.76. The van der Waals surface area contributed by atoms with Gasteiger partial charge in [0.15, 0.2) is 17.3 Å². The van der Waals surface area contributed by atoms with E-state index in [0.717, 1.165) is 11.1 Å². The van der Waals surface area contributed by atoms with Gasteiger partial charge in [-0.15, -0.1) is 0 Å². The molecule has 5 rings (SSSR count). The van der Waals surface area contributed by atoms with Gasteiger partial charge in [0.2, 0.25) is 5.91 Å². The topological polar surface area (TPSA) is 151 Å². The second-order valence-corrected chi connectivity index (χ2v) is 8.55. The van der Waals surface area contributed by atoms with Crippen LogP contribution >= 0.6 is 0 Å². The highest BCUT2D eigenvalue weighted by Crippen LogP contribution is 2.36. The number of rotatable bonds is 7. The molecule has 11 nitrogen and oxygen atoms in total. The molecule has 0 aliphatic heterocycles. The second-order valence-electron chi connectivity index (χ2n) is 8.55. The lowest BCUT2D eigenvalue weighted by atomic mass is 10.1. The maximum Gasteiger partial charge on any atom is 0.432 e. The number of fused-ring (bicyclic) bond motifs is 2. The SMILES string of the molecule is CCCC(=O)Nc1cccc(-c2nc(Nc3ccc4c(cnn4C(=O)O)c3)c3cc(O)c(OC)cc3n2)c1. The van der Waals surface area contributed by atoms with Crippen molar-refractivity contribution < 1.29 is 24.5 Å². The van der Waals surface area contributed by atoms with Crippen LogP contribution < -0.4 is 15.4 Å². The van der Waals surface area contributed by atoms with Gasteiger partial charge in [-0.25, -0.2) is 14.8 Å². The van der Waals surface area contributed by atoms with Gasteiger partial charge in [-0.3, -0.25) is 4.79 Å².